The van der Waals surface area contributed by atoms with Gasteiger partial charge in [-0.05, 0) is 46.9 Å². The van der Waals surface area contributed by atoms with Crippen molar-refractivity contribution in [2.24, 2.45) is 5.92 Å². The number of hydrogen-bond acceptors (Lipinski definition) is 3. The first-order valence-corrected chi connectivity index (χ1v) is 9.16. The molecule has 1 heterocycles. The van der Waals surface area contributed by atoms with E-state index in [0.717, 1.165) is 22.1 Å². The van der Waals surface area contributed by atoms with Crippen molar-refractivity contribution in [1.29, 1.82) is 0 Å². The minimum Gasteiger partial charge on any atom is -0.497 e. The van der Waals surface area contributed by atoms with Gasteiger partial charge in [-0.15, -0.1) is 11.6 Å². The molecule has 21 heavy (non-hydrogen) atoms. The van der Waals surface area contributed by atoms with Gasteiger partial charge in [0.15, 0.2) is 9.84 Å². The molecule has 0 aliphatic carbocycles. The van der Waals surface area contributed by atoms with Crippen LogP contribution in [0.15, 0.2) is 36.4 Å². The Morgan fingerprint density at radius 1 is 1.19 bits per heavy atom. The predicted octanol–water partition coefficient (Wildman–Crippen LogP) is 3.56. The minimum absolute atomic E-state index is 0.00682. The standard InChI is InChI=1S/C16H17ClO3S/c1-20-15-5-4-11-8-13(3-2-12(11)9-15)16(17)14-6-7-21(18,19)10-14/h2-5,8-9,14,16H,6-7,10H2,1H3. The summed E-state index contributed by atoms with van der Waals surface area (Å²) in [7, 11) is -1.26. The average Bonchev–Trinajstić information content (AvgIpc) is 2.85. The predicted molar refractivity (Wildman–Crippen MR) is 85.9 cm³/mol. The van der Waals surface area contributed by atoms with Gasteiger partial charge in [0, 0.05) is 0 Å². The second kappa shape index (κ2) is 5.50. The normalized spacial score (nSPS) is 22.3. The van der Waals surface area contributed by atoms with Crippen molar-refractivity contribution < 1.29 is 13.2 Å². The zero-order valence-electron chi connectivity index (χ0n) is 11.8. The van der Waals surface area contributed by atoms with Crippen LogP contribution in [0.25, 0.3) is 10.8 Å². The third kappa shape index (κ3) is 3.01. The van der Waals surface area contributed by atoms with Crippen LogP contribution in [0, 0.1) is 5.92 Å². The van der Waals surface area contributed by atoms with Crippen LogP contribution in [0.4, 0.5) is 0 Å². The minimum atomic E-state index is -2.90. The van der Waals surface area contributed by atoms with E-state index in [1.165, 1.54) is 0 Å². The van der Waals surface area contributed by atoms with Crippen LogP contribution < -0.4 is 4.74 Å². The highest BCUT2D eigenvalue weighted by atomic mass is 35.5. The molecule has 0 radical (unpaired) electrons. The van der Waals surface area contributed by atoms with Gasteiger partial charge < -0.3 is 4.74 Å². The molecule has 0 saturated carbocycles. The van der Waals surface area contributed by atoms with Crippen molar-refractivity contribution in [1.82, 2.24) is 0 Å². The smallest absolute Gasteiger partial charge is 0.150 e. The van der Waals surface area contributed by atoms with E-state index in [1.807, 2.05) is 36.4 Å². The molecule has 1 aliphatic heterocycles. The summed E-state index contributed by atoms with van der Waals surface area (Å²) < 4.78 is 28.4. The highest BCUT2D eigenvalue weighted by Gasteiger charge is 2.33. The Morgan fingerprint density at radius 3 is 2.57 bits per heavy atom. The first-order valence-electron chi connectivity index (χ1n) is 6.91. The van der Waals surface area contributed by atoms with Crippen LogP contribution in [-0.2, 0) is 9.84 Å². The zero-order valence-corrected chi connectivity index (χ0v) is 13.3. The van der Waals surface area contributed by atoms with Crippen LogP contribution in [0.1, 0.15) is 17.4 Å². The molecule has 2 aromatic carbocycles. The fourth-order valence-corrected chi connectivity index (χ4v) is 5.16. The summed E-state index contributed by atoms with van der Waals surface area (Å²) in [5.74, 6) is 1.28. The summed E-state index contributed by atoms with van der Waals surface area (Å²) in [4.78, 5) is 0. The van der Waals surface area contributed by atoms with Gasteiger partial charge in [0.25, 0.3) is 0 Å². The molecule has 1 fully saturated rings. The number of benzene rings is 2. The van der Waals surface area contributed by atoms with Crippen molar-refractivity contribution in [2.75, 3.05) is 18.6 Å². The van der Waals surface area contributed by atoms with Gasteiger partial charge in [0.2, 0.25) is 0 Å². The quantitative estimate of drug-likeness (QED) is 0.811. The summed E-state index contributed by atoms with van der Waals surface area (Å²) in [5, 5.41) is 1.91. The molecule has 112 valence electrons. The highest BCUT2D eigenvalue weighted by molar-refractivity contribution is 7.91. The average molecular weight is 325 g/mol. The van der Waals surface area contributed by atoms with Crippen LogP contribution >= 0.6 is 11.6 Å². The van der Waals surface area contributed by atoms with Gasteiger partial charge in [-0.25, -0.2) is 8.42 Å². The van der Waals surface area contributed by atoms with E-state index in [1.54, 1.807) is 7.11 Å². The van der Waals surface area contributed by atoms with Crippen molar-refractivity contribution in [3.63, 3.8) is 0 Å². The van der Waals surface area contributed by atoms with E-state index in [9.17, 15) is 8.42 Å². The Bertz CT molecular complexity index is 770. The monoisotopic (exact) mass is 324 g/mol. The molecule has 0 aromatic heterocycles. The van der Waals surface area contributed by atoms with E-state index in [0.29, 0.717) is 6.42 Å². The molecule has 2 aromatic rings. The molecule has 1 saturated heterocycles. The zero-order chi connectivity index (χ0) is 15.0. The van der Waals surface area contributed by atoms with Gasteiger partial charge >= 0.3 is 0 Å². The van der Waals surface area contributed by atoms with E-state index in [4.69, 9.17) is 16.3 Å². The van der Waals surface area contributed by atoms with Gasteiger partial charge in [0.05, 0.1) is 24.0 Å². The second-order valence-corrected chi connectivity index (χ2v) is 8.24. The van der Waals surface area contributed by atoms with Gasteiger partial charge in [-0.3, -0.25) is 0 Å². The number of hydrogen-bond donors (Lipinski definition) is 0. The molecule has 1 aliphatic rings. The molecule has 3 rings (SSSR count). The molecule has 2 atom stereocenters. The van der Waals surface area contributed by atoms with Crippen LogP contribution in [0.3, 0.4) is 0 Å². The van der Waals surface area contributed by atoms with E-state index in [2.05, 4.69) is 0 Å². The maximum absolute atomic E-state index is 11.6. The van der Waals surface area contributed by atoms with E-state index < -0.39 is 9.84 Å². The maximum Gasteiger partial charge on any atom is 0.150 e. The van der Waals surface area contributed by atoms with E-state index >= 15 is 0 Å². The van der Waals surface area contributed by atoms with Crippen LogP contribution in [0.5, 0.6) is 5.75 Å². The largest absolute Gasteiger partial charge is 0.497 e. The maximum atomic E-state index is 11.6. The second-order valence-electron chi connectivity index (χ2n) is 5.54. The summed E-state index contributed by atoms with van der Waals surface area (Å²) in [6.45, 7) is 0. The number of sulfone groups is 1. The van der Waals surface area contributed by atoms with Crippen molar-refractivity contribution in [3.05, 3.63) is 42.0 Å². The Labute approximate surface area is 129 Å². The molecule has 3 nitrogen and oxygen atoms in total. The Balaban J connectivity index is 1.90. The van der Waals surface area contributed by atoms with Crippen LogP contribution in [-0.4, -0.2) is 27.0 Å². The first kappa shape index (κ1) is 14.7. The molecule has 0 bridgehead atoms. The number of rotatable bonds is 3. The number of fused-ring (bicyclic) bond motifs is 1. The van der Waals surface area contributed by atoms with E-state index in [-0.39, 0.29) is 22.8 Å². The lowest BCUT2D eigenvalue weighted by molar-refractivity contribution is 0.415. The lowest BCUT2D eigenvalue weighted by Crippen LogP contribution is -2.10. The summed E-state index contributed by atoms with van der Waals surface area (Å²) >= 11 is 6.51. The van der Waals surface area contributed by atoms with Gasteiger partial charge in [-0.2, -0.15) is 0 Å². The topological polar surface area (TPSA) is 43.4 Å². The van der Waals surface area contributed by atoms with Crippen LogP contribution in [0.2, 0.25) is 0 Å². The summed E-state index contributed by atoms with van der Waals surface area (Å²) in [6, 6.07) is 11.9. The molecule has 5 heteroatoms. The Kier molecular flexibility index (Phi) is 3.84. The Hall–Kier alpha value is -1.26. The SMILES string of the molecule is COc1ccc2cc(C(Cl)C3CCS(=O)(=O)C3)ccc2c1. The first-order chi connectivity index (χ1) is 9.98. The Morgan fingerprint density at radius 2 is 1.90 bits per heavy atom. The summed E-state index contributed by atoms with van der Waals surface area (Å²) in [5.41, 5.74) is 0.983. The highest BCUT2D eigenvalue weighted by Crippen LogP contribution is 2.37. The lowest BCUT2D eigenvalue weighted by atomic mass is 9.96. The summed E-state index contributed by atoms with van der Waals surface area (Å²) in [6.07, 6.45) is 0.650. The third-order valence-corrected chi connectivity index (χ3v) is 6.47. The van der Waals surface area contributed by atoms with Gasteiger partial charge in [0.1, 0.15) is 5.75 Å². The number of ether oxygens (including phenoxy) is 1. The molecule has 2 unspecified atom stereocenters. The molecular weight excluding hydrogens is 308 g/mol. The number of halogens is 1. The van der Waals surface area contributed by atoms with Crippen molar-refractivity contribution in [3.8, 4) is 5.75 Å². The fourth-order valence-electron chi connectivity index (χ4n) is 2.87. The third-order valence-electron chi connectivity index (χ3n) is 4.07. The van der Waals surface area contributed by atoms with Gasteiger partial charge in [-0.1, -0.05) is 18.2 Å². The lowest BCUT2D eigenvalue weighted by Gasteiger charge is -2.16. The fraction of sp³-hybridized carbons (Fsp3) is 0.375. The number of methoxy groups -OCH3 is 1. The molecule has 0 N–H and O–H groups in total. The molecule has 0 amide bonds. The van der Waals surface area contributed by atoms with Crippen molar-refractivity contribution in [2.45, 2.75) is 11.8 Å². The molecular formula is C16H17ClO3S. The molecule has 0 spiro atoms. The van der Waals surface area contributed by atoms with Crippen molar-refractivity contribution >= 4 is 32.2 Å². The number of alkyl halides is 1.